The molecule has 0 bridgehead atoms. The number of phenolic OH excluding ortho intramolecular Hbond substituents is 2. The summed E-state index contributed by atoms with van der Waals surface area (Å²) in [6.45, 7) is 4.23. The molecule has 0 unspecified atom stereocenters. The smallest absolute Gasteiger partial charge is 0.115 e. The first kappa shape index (κ1) is 15.1. The van der Waals surface area contributed by atoms with Crippen molar-refractivity contribution < 1.29 is 10.2 Å². The molecule has 0 aliphatic heterocycles. The van der Waals surface area contributed by atoms with E-state index >= 15 is 0 Å². The molecule has 0 amide bonds. The molecule has 0 saturated heterocycles. The van der Waals surface area contributed by atoms with Gasteiger partial charge in [0.25, 0.3) is 0 Å². The molecule has 0 aromatic heterocycles. The van der Waals surface area contributed by atoms with Crippen LogP contribution in [0, 0.1) is 0 Å². The van der Waals surface area contributed by atoms with E-state index in [9.17, 15) is 10.2 Å². The van der Waals surface area contributed by atoms with Crippen LogP contribution in [0.4, 0.5) is 0 Å². The molecular formula is C15H16NaO2. The molecule has 2 nitrogen and oxygen atoms in total. The molecule has 1 radical (unpaired) electrons. The van der Waals surface area contributed by atoms with Gasteiger partial charge in [-0.25, -0.2) is 0 Å². The zero-order valence-electron chi connectivity index (χ0n) is 11.0. The van der Waals surface area contributed by atoms with E-state index in [2.05, 4.69) is 13.8 Å². The maximum absolute atomic E-state index is 9.30. The third-order valence-corrected chi connectivity index (χ3v) is 3.18. The van der Waals surface area contributed by atoms with Crippen LogP contribution in [0.2, 0.25) is 0 Å². The predicted octanol–water partition coefficient (Wildman–Crippen LogP) is 3.04. The van der Waals surface area contributed by atoms with Gasteiger partial charge in [-0.15, -0.1) is 0 Å². The van der Waals surface area contributed by atoms with E-state index in [1.165, 1.54) is 0 Å². The zero-order chi connectivity index (χ0) is 12.5. The van der Waals surface area contributed by atoms with Gasteiger partial charge in [0.2, 0.25) is 0 Å². The summed E-state index contributed by atoms with van der Waals surface area (Å²) in [5.41, 5.74) is 2.10. The molecule has 0 saturated carbocycles. The van der Waals surface area contributed by atoms with Crippen molar-refractivity contribution in [3.8, 4) is 11.5 Å². The molecule has 3 heteroatoms. The topological polar surface area (TPSA) is 40.5 Å². The fraction of sp³-hybridized carbons (Fsp3) is 0.200. The Morgan fingerprint density at radius 1 is 0.667 bits per heavy atom. The van der Waals surface area contributed by atoms with Crippen LogP contribution >= 0.6 is 0 Å². The van der Waals surface area contributed by atoms with Crippen LogP contribution in [-0.4, -0.2) is 39.8 Å². The summed E-state index contributed by atoms with van der Waals surface area (Å²) in [5.74, 6) is 0.547. The molecule has 2 aromatic carbocycles. The van der Waals surface area contributed by atoms with Crippen LogP contribution in [0.5, 0.6) is 11.5 Å². The van der Waals surface area contributed by atoms with Crippen LogP contribution in [0.3, 0.4) is 0 Å². The van der Waals surface area contributed by atoms with Gasteiger partial charge in [-0.2, -0.15) is 0 Å². The Morgan fingerprint density at radius 2 is 0.944 bits per heavy atom. The molecule has 0 aliphatic rings. The summed E-state index contributed by atoms with van der Waals surface area (Å²) in [6.07, 6.45) is 0. The van der Waals surface area contributed by atoms with Gasteiger partial charge in [0, 0.05) is 35.0 Å². The Labute approximate surface area is 130 Å². The molecule has 0 heterocycles. The van der Waals surface area contributed by atoms with Crippen molar-refractivity contribution in [3.63, 3.8) is 0 Å². The van der Waals surface area contributed by atoms with Gasteiger partial charge >= 0.3 is 0 Å². The van der Waals surface area contributed by atoms with Crippen LogP contribution in [-0.2, 0) is 5.41 Å². The maximum atomic E-state index is 9.30. The van der Waals surface area contributed by atoms with Crippen molar-refractivity contribution in [2.45, 2.75) is 19.3 Å². The van der Waals surface area contributed by atoms with Crippen molar-refractivity contribution >= 4 is 29.6 Å². The maximum Gasteiger partial charge on any atom is 0.115 e. The molecule has 2 rings (SSSR count). The van der Waals surface area contributed by atoms with Crippen molar-refractivity contribution in [2.24, 2.45) is 0 Å². The van der Waals surface area contributed by atoms with Gasteiger partial charge in [0.1, 0.15) is 11.5 Å². The van der Waals surface area contributed by atoms with E-state index in [4.69, 9.17) is 0 Å². The third-order valence-electron chi connectivity index (χ3n) is 3.18. The summed E-state index contributed by atoms with van der Waals surface area (Å²) < 4.78 is 0. The summed E-state index contributed by atoms with van der Waals surface area (Å²) >= 11 is 0. The first-order valence-corrected chi connectivity index (χ1v) is 5.59. The van der Waals surface area contributed by atoms with Crippen molar-refractivity contribution in [1.29, 1.82) is 0 Å². The minimum Gasteiger partial charge on any atom is -0.508 e. The summed E-state index contributed by atoms with van der Waals surface area (Å²) in [6, 6.07) is 14.4. The molecule has 0 fully saturated rings. The van der Waals surface area contributed by atoms with Gasteiger partial charge in [-0.3, -0.25) is 0 Å². The van der Waals surface area contributed by atoms with E-state index in [1.54, 1.807) is 24.3 Å². The van der Waals surface area contributed by atoms with Crippen LogP contribution in [0.25, 0.3) is 0 Å². The molecule has 89 valence electrons. The number of rotatable bonds is 2. The first-order valence-electron chi connectivity index (χ1n) is 5.59. The van der Waals surface area contributed by atoms with Crippen molar-refractivity contribution in [3.05, 3.63) is 59.7 Å². The van der Waals surface area contributed by atoms with E-state index < -0.39 is 0 Å². The first-order chi connectivity index (χ1) is 8.00. The minimum absolute atomic E-state index is 0. The van der Waals surface area contributed by atoms with Gasteiger partial charge in [-0.1, -0.05) is 38.1 Å². The number of benzene rings is 2. The predicted molar refractivity (Wildman–Crippen MR) is 74.1 cm³/mol. The normalized spacial score (nSPS) is 10.8. The molecule has 18 heavy (non-hydrogen) atoms. The summed E-state index contributed by atoms with van der Waals surface area (Å²) in [4.78, 5) is 0. The molecular weight excluding hydrogens is 235 g/mol. The van der Waals surface area contributed by atoms with Gasteiger partial charge < -0.3 is 10.2 Å². The largest absolute Gasteiger partial charge is 0.508 e. The van der Waals surface area contributed by atoms with E-state index in [-0.39, 0.29) is 46.5 Å². The van der Waals surface area contributed by atoms with E-state index in [0.717, 1.165) is 11.1 Å². The summed E-state index contributed by atoms with van der Waals surface area (Å²) in [7, 11) is 0. The number of hydrogen-bond donors (Lipinski definition) is 2. The second-order valence-corrected chi connectivity index (χ2v) is 4.72. The molecule has 0 atom stereocenters. The third kappa shape index (κ3) is 3.08. The van der Waals surface area contributed by atoms with Crippen molar-refractivity contribution in [2.75, 3.05) is 0 Å². The number of phenols is 2. The van der Waals surface area contributed by atoms with Gasteiger partial charge in [-0.05, 0) is 35.4 Å². The zero-order valence-corrected chi connectivity index (χ0v) is 13.0. The average Bonchev–Trinajstić information content (AvgIpc) is 2.30. The Hall–Kier alpha value is -0.960. The van der Waals surface area contributed by atoms with Crippen molar-refractivity contribution in [1.82, 2.24) is 0 Å². The monoisotopic (exact) mass is 251 g/mol. The quantitative estimate of drug-likeness (QED) is 0.805. The second-order valence-electron chi connectivity index (χ2n) is 4.72. The number of hydrogen-bond acceptors (Lipinski definition) is 2. The van der Waals surface area contributed by atoms with E-state index in [1.807, 2.05) is 24.3 Å². The van der Waals surface area contributed by atoms with E-state index in [0.29, 0.717) is 0 Å². The second kappa shape index (κ2) is 5.79. The van der Waals surface area contributed by atoms with Crippen LogP contribution in [0.1, 0.15) is 25.0 Å². The van der Waals surface area contributed by atoms with Gasteiger partial charge in [0.05, 0.1) is 0 Å². The average molecular weight is 251 g/mol. The molecule has 0 aliphatic carbocycles. The Morgan fingerprint density at radius 3 is 1.22 bits per heavy atom. The standard InChI is InChI=1S/C15H16O2.Na/c1-15(2,11-3-7-13(16)8-4-11)12-5-9-14(17)10-6-12;/h3-10,16-17H,1-2H3;. The Bertz CT molecular complexity index is 454. The SMILES string of the molecule is CC(C)(c1ccc(O)cc1)c1ccc(O)cc1.[Na]. The fourth-order valence-corrected chi connectivity index (χ4v) is 1.92. The molecule has 2 aromatic rings. The fourth-order valence-electron chi connectivity index (χ4n) is 1.92. The summed E-state index contributed by atoms with van der Waals surface area (Å²) in [5, 5.41) is 18.6. The van der Waals surface area contributed by atoms with Crippen LogP contribution < -0.4 is 0 Å². The Kier molecular flexibility index (Phi) is 4.85. The van der Waals surface area contributed by atoms with Gasteiger partial charge in [0.15, 0.2) is 0 Å². The number of aromatic hydroxyl groups is 2. The molecule has 2 N–H and O–H groups in total. The van der Waals surface area contributed by atoms with Crippen LogP contribution in [0.15, 0.2) is 48.5 Å². The molecule has 0 spiro atoms. The minimum atomic E-state index is -0.151. The Balaban J connectivity index is 0.00000162.